The van der Waals surface area contributed by atoms with Crippen LogP contribution in [-0.2, 0) is 10.8 Å². The highest BCUT2D eigenvalue weighted by Gasteiger charge is 2.46. The molecule has 1 nitrogen and oxygen atoms in total. The summed E-state index contributed by atoms with van der Waals surface area (Å²) in [6.45, 7) is 14.9. The van der Waals surface area contributed by atoms with Crippen molar-refractivity contribution in [2.75, 3.05) is 11.4 Å². The molecule has 0 amide bonds. The van der Waals surface area contributed by atoms with Gasteiger partial charge in [-0.3, -0.25) is 0 Å². The largest absolute Gasteiger partial charge is 0.337 e. The molecule has 0 N–H and O–H groups in total. The molecule has 0 radical (unpaired) electrons. The first kappa shape index (κ1) is 23.0. The molecule has 1 heterocycles. The molecule has 0 bridgehead atoms. The van der Waals surface area contributed by atoms with Crippen molar-refractivity contribution in [3.8, 4) is 22.3 Å². The van der Waals surface area contributed by atoms with Crippen molar-refractivity contribution in [3.63, 3.8) is 0 Å². The van der Waals surface area contributed by atoms with Gasteiger partial charge in [-0.2, -0.15) is 0 Å². The number of rotatable bonds is 1. The fourth-order valence-electron chi connectivity index (χ4n) is 7.15. The molecule has 0 aromatic heterocycles. The molecule has 0 atom stereocenters. The van der Waals surface area contributed by atoms with E-state index in [9.17, 15) is 0 Å². The number of anilines is 2. The molecule has 0 saturated carbocycles. The van der Waals surface area contributed by atoms with E-state index in [1.165, 1.54) is 61.4 Å². The van der Waals surface area contributed by atoms with Gasteiger partial charge in [0, 0.05) is 34.3 Å². The first-order valence-electron chi connectivity index (χ1n) is 13.6. The van der Waals surface area contributed by atoms with Crippen molar-refractivity contribution in [1.29, 1.82) is 0 Å². The number of benzene rings is 4. The second kappa shape index (κ2) is 7.95. The Bertz CT molecular complexity index is 1690. The minimum Gasteiger partial charge on any atom is -0.337 e. The van der Waals surface area contributed by atoms with E-state index in [-0.39, 0.29) is 10.8 Å². The molecule has 4 aromatic carbocycles. The van der Waals surface area contributed by atoms with Gasteiger partial charge in [-0.15, -0.1) is 0 Å². The van der Waals surface area contributed by atoms with Crippen molar-refractivity contribution in [2.24, 2.45) is 0 Å². The summed E-state index contributed by atoms with van der Waals surface area (Å²) >= 11 is 0. The molecule has 7 rings (SSSR count). The molecule has 0 spiro atoms. The zero-order valence-corrected chi connectivity index (χ0v) is 22.7. The van der Waals surface area contributed by atoms with Crippen LogP contribution in [0.2, 0.25) is 0 Å². The van der Waals surface area contributed by atoms with Crippen LogP contribution in [0.5, 0.6) is 0 Å². The summed E-state index contributed by atoms with van der Waals surface area (Å²) in [5.41, 5.74) is 15.7. The molecule has 186 valence electrons. The number of para-hydroxylation sites is 1. The normalized spacial score (nSPS) is 19.3. The summed E-state index contributed by atoms with van der Waals surface area (Å²) in [7, 11) is 0. The van der Waals surface area contributed by atoms with E-state index in [1.807, 2.05) is 0 Å². The van der Waals surface area contributed by atoms with Crippen molar-refractivity contribution >= 4 is 16.9 Å². The lowest BCUT2D eigenvalue weighted by molar-refractivity contribution is 0.601. The van der Waals surface area contributed by atoms with Crippen LogP contribution >= 0.6 is 0 Å². The summed E-state index contributed by atoms with van der Waals surface area (Å²) in [6, 6.07) is 29.3. The van der Waals surface area contributed by atoms with Crippen molar-refractivity contribution in [1.82, 2.24) is 0 Å². The minimum absolute atomic E-state index is 0.0454. The Morgan fingerprint density at radius 2 is 1.29 bits per heavy atom. The van der Waals surface area contributed by atoms with Crippen LogP contribution in [0.15, 0.2) is 110 Å². The number of hydrogen-bond acceptors (Lipinski definition) is 1. The van der Waals surface area contributed by atoms with E-state index in [1.54, 1.807) is 0 Å². The van der Waals surface area contributed by atoms with Crippen LogP contribution < -0.4 is 4.90 Å². The standard InChI is InChI=1S/C37H33N/c1-24-14-8-7-13-21-38(25-15-9-6-10-16-25)33-23-32-30(22-29(24)33)28-20-19-27-26-17-11-12-18-31(26)36(2,3)34(27)35(28)37(32,4)5/h6-20,22-23H,1,21H2,2-5H3/b13-7-,14-8-. The highest BCUT2D eigenvalue weighted by atomic mass is 15.1. The number of fused-ring (bicyclic) bond motifs is 8. The summed E-state index contributed by atoms with van der Waals surface area (Å²) in [4.78, 5) is 2.42. The van der Waals surface area contributed by atoms with Crippen LogP contribution in [0.3, 0.4) is 0 Å². The van der Waals surface area contributed by atoms with E-state index in [2.05, 4.69) is 142 Å². The fourth-order valence-corrected chi connectivity index (χ4v) is 7.15. The molecule has 0 fully saturated rings. The van der Waals surface area contributed by atoms with Crippen LogP contribution in [0.25, 0.3) is 27.8 Å². The second-order valence-electron chi connectivity index (χ2n) is 11.9. The molecule has 3 aliphatic rings. The molecule has 4 aromatic rings. The minimum atomic E-state index is -0.127. The van der Waals surface area contributed by atoms with Crippen molar-refractivity contribution < 1.29 is 0 Å². The summed E-state index contributed by atoms with van der Waals surface area (Å²) in [6.07, 6.45) is 8.60. The van der Waals surface area contributed by atoms with Crippen molar-refractivity contribution in [3.05, 3.63) is 138 Å². The molecule has 0 saturated heterocycles. The van der Waals surface area contributed by atoms with E-state index in [4.69, 9.17) is 0 Å². The van der Waals surface area contributed by atoms with E-state index in [0.717, 1.165) is 12.1 Å². The number of hydrogen-bond donors (Lipinski definition) is 0. The Morgan fingerprint density at radius 3 is 2.05 bits per heavy atom. The summed E-state index contributed by atoms with van der Waals surface area (Å²) < 4.78 is 0. The molecule has 38 heavy (non-hydrogen) atoms. The van der Waals surface area contributed by atoms with Gasteiger partial charge in [0.1, 0.15) is 0 Å². The maximum absolute atomic E-state index is 4.51. The van der Waals surface area contributed by atoms with Gasteiger partial charge < -0.3 is 4.90 Å². The third-order valence-electron chi connectivity index (χ3n) is 8.98. The van der Waals surface area contributed by atoms with Crippen molar-refractivity contribution in [2.45, 2.75) is 38.5 Å². The Kier molecular flexibility index (Phi) is 4.82. The molecule has 1 aliphatic heterocycles. The van der Waals surface area contributed by atoms with E-state index >= 15 is 0 Å². The highest BCUT2D eigenvalue weighted by Crippen LogP contribution is 2.59. The summed E-state index contributed by atoms with van der Waals surface area (Å²) in [5.74, 6) is 0. The molecule has 1 heteroatoms. The highest BCUT2D eigenvalue weighted by molar-refractivity contribution is 5.95. The van der Waals surface area contributed by atoms with E-state index < -0.39 is 0 Å². The van der Waals surface area contributed by atoms with Crippen LogP contribution in [-0.4, -0.2) is 6.54 Å². The van der Waals surface area contributed by atoms with Crippen LogP contribution in [0.1, 0.15) is 55.5 Å². The Hall–Kier alpha value is -4.10. The van der Waals surface area contributed by atoms with Gasteiger partial charge >= 0.3 is 0 Å². The SMILES string of the molecule is C=C1/C=C\C=C/CN(c2ccccc2)c2cc3c(cc21)-c1ccc2c(c1C3(C)C)C(C)(C)c1ccccc1-2. The quantitative estimate of drug-likeness (QED) is 0.256. The van der Waals surface area contributed by atoms with Gasteiger partial charge in [0.25, 0.3) is 0 Å². The third-order valence-corrected chi connectivity index (χ3v) is 8.98. The van der Waals surface area contributed by atoms with Gasteiger partial charge in [0.15, 0.2) is 0 Å². The third kappa shape index (κ3) is 3.05. The second-order valence-corrected chi connectivity index (χ2v) is 11.9. The maximum Gasteiger partial charge on any atom is 0.0496 e. The first-order valence-corrected chi connectivity index (χ1v) is 13.6. The van der Waals surface area contributed by atoms with Gasteiger partial charge in [0.05, 0.1) is 0 Å². The fraction of sp³-hybridized carbons (Fsp3) is 0.189. The smallest absolute Gasteiger partial charge is 0.0496 e. The molecule has 0 unspecified atom stereocenters. The Labute approximate surface area is 226 Å². The topological polar surface area (TPSA) is 3.24 Å². The predicted octanol–water partition coefficient (Wildman–Crippen LogP) is 9.58. The average molecular weight is 492 g/mol. The molecular weight excluding hydrogens is 458 g/mol. The zero-order chi connectivity index (χ0) is 26.2. The molecule has 2 aliphatic carbocycles. The van der Waals surface area contributed by atoms with Gasteiger partial charge in [-0.1, -0.05) is 113 Å². The maximum atomic E-state index is 4.51. The van der Waals surface area contributed by atoms with Crippen LogP contribution in [0, 0.1) is 0 Å². The Morgan fingerprint density at radius 1 is 0.632 bits per heavy atom. The Balaban J connectivity index is 1.50. The van der Waals surface area contributed by atoms with Gasteiger partial charge in [-0.25, -0.2) is 0 Å². The first-order chi connectivity index (χ1) is 18.3. The van der Waals surface area contributed by atoms with E-state index in [0.29, 0.717) is 0 Å². The molecular formula is C37H33N. The van der Waals surface area contributed by atoms with Gasteiger partial charge in [-0.05, 0) is 74.3 Å². The van der Waals surface area contributed by atoms with Crippen LogP contribution in [0.4, 0.5) is 11.4 Å². The monoisotopic (exact) mass is 491 g/mol. The average Bonchev–Trinajstić information content (AvgIpc) is 3.32. The lowest BCUT2D eigenvalue weighted by atomic mass is 9.72. The zero-order valence-electron chi connectivity index (χ0n) is 22.7. The lowest BCUT2D eigenvalue weighted by Gasteiger charge is -2.32. The van der Waals surface area contributed by atoms with Gasteiger partial charge in [0.2, 0.25) is 0 Å². The summed E-state index contributed by atoms with van der Waals surface area (Å²) in [5, 5.41) is 0. The predicted molar refractivity (Wildman–Crippen MR) is 162 cm³/mol. The number of allylic oxidation sites excluding steroid dienone is 4. The lowest BCUT2D eigenvalue weighted by Crippen LogP contribution is -2.24. The number of nitrogens with zero attached hydrogens (tertiary/aromatic N) is 1.